The first-order valence-corrected chi connectivity index (χ1v) is 7.61. The van der Waals surface area contributed by atoms with Gasteiger partial charge in [-0.1, -0.05) is 26.7 Å². The standard InChI is InChI=1S/C15H24O4/c1-9-4-3-5-10-6-11-15(12(19-15)13(9,10)2)14(17,7-16)8-18-11/h9-12,16-17H,3-8H2,1-2H3. The van der Waals surface area contributed by atoms with Crippen LogP contribution in [-0.4, -0.2) is 46.8 Å². The van der Waals surface area contributed by atoms with E-state index >= 15 is 0 Å². The Balaban J connectivity index is 1.75. The number of fused-ring (bicyclic) bond motifs is 2. The Bertz CT molecular complexity index is 413. The molecule has 2 heterocycles. The monoisotopic (exact) mass is 268 g/mol. The normalized spacial score (nSPS) is 63.2. The zero-order valence-corrected chi connectivity index (χ0v) is 11.8. The van der Waals surface area contributed by atoms with Crippen molar-refractivity contribution in [3.63, 3.8) is 0 Å². The number of hydrogen-bond acceptors (Lipinski definition) is 4. The highest BCUT2D eigenvalue weighted by Gasteiger charge is 2.83. The van der Waals surface area contributed by atoms with E-state index in [4.69, 9.17) is 9.47 Å². The van der Waals surface area contributed by atoms with Gasteiger partial charge in [0.25, 0.3) is 0 Å². The van der Waals surface area contributed by atoms with Gasteiger partial charge in [-0.3, -0.25) is 0 Å². The van der Waals surface area contributed by atoms with Crippen LogP contribution in [-0.2, 0) is 9.47 Å². The van der Waals surface area contributed by atoms with Crippen LogP contribution in [0.3, 0.4) is 0 Å². The van der Waals surface area contributed by atoms with Gasteiger partial charge in [-0.25, -0.2) is 0 Å². The van der Waals surface area contributed by atoms with E-state index < -0.39 is 11.2 Å². The molecule has 7 unspecified atom stereocenters. The van der Waals surface area contributed by atoms with Crippen molar-refractivity contribution < 1.29 is 19.7 Å². The maximum absolute atomic E-state index is 10.7. The van der Waals surface area contributed by atoms with Crippen LogP contribution in [0.5, 0.6) is 0 Å². The maximum atomic E-state index is 10.7. The molecular weight excluding hydrogens is 244 g/mol. The largest absolute Gasteiger partial charge is 0.393 e. The van der Waals surface area contributed by atoms with E-state index in [2.05, 4.69) is 13.8 Å². The van der Waals surface area contributed by atoms with Crippen LogP contribution < -0.4 is 0 Å². The molecule has 19 heavy (non-hydrogen) atoms. The average Bonchev–Trinajstić information content (AvgIpc) is 3.11. The molecule has 4 rings (SSSR count). The summed E-state index contributed by atoms with van der Waals surface area (Å²) in [5.41, 5.74) is -1.70. The molecule has 7 atom stereocenters. The molecular formula is C15H24O4. The predicted molar refractivity (Wildman–Crippen MR) is 68.6 cm³/mol. The van der Waals surface area contributed by atoms with Crippen molar-refractivity contribution in [1.29, 1.82) is 0 Å². The van der Waals surface area contributed by atoms with Crippen molar-refractivity contribution in [3.05, 3.63) is 0 Å². The average molecular weight is 268 g/mol. The van der Waals surface area contributed by atoms with Gasteiger partial charge in [0.05, 0.1) is 25.4 Å². The summed E-state index contributed by atoms with van der Waals surface area (Å²) in [5.74, 6) is 1.24. The maximum Gasteiger partial charge on any atom is 0.154 e. The second-order valence-electron chi connectivity index (χ2n) is 7.41. The molecule has 0 amide bonds. The molecule has 108 valence electrons. The molecule has 2 N–H and O–H groups in total. The number of ether oxygens (including phenoxy) is 2. The SMILES string of the molecule is CC1CCCC2CC3OCC(O)(CO)C34OC4C12C. The third-order valence-electron chi connectivity index (χ3n) is 6.83. The first-order valence-electron chi connectivity index (χ1n) is 7.61. The van der Waals surface area contributed by atoms with Crippen LogP contribution in [0.25, 0.3) is 0 Å². The van der Waals surface area contributed by atoms with Gasteiger partial charge in [0.1, 0.15) is 5.60 Å². The van der Waals surface area contributed by atoms with Gasteiger partial charge >= 0.3 is 0 Å². The fourth-order valence-corrected chi connectivity index (χ4v) is 5.33. The highest BCUT2D eigenvalue weighted by Crippen LogP contribution is 2.69. The van der Waals surface area contributed by atoms with E-state index in [1.165, 1.54) is 19.3 Å². The molecule has 0 radical (unpaired) electrons. The first-order chi connectivity index (χ1) is 8.99. The number of aliphatic hydroxyl groups excluding tert-OH is 1. The summed E-state index contributed by atoms with van der Waals surface area (Å²) in [4.78, 5) is 0. The van der Waals surface area contributed by atoms with E-state index in [0.717, 1.165) is 6.42 Å². The molecule has 4 aliphatic rings. The summed E-state index contributed by atoms with van der Waals surface area (Å²) in [6.45, 7) is 4.58. The second kappa shape index (κ2) is 3.53. The summed E-state index contributed by atoms with van der Waals surface area (Å²) < 4.78 is 11.9. The van der Waals surface area contributed by atoms with Crippen LogP contribution in [0.1, 0.15) is 39.5 Å². The lowest BCUT2D eigenvalue weighted by molar-refractivity contribution is -0.0649. The Morgan fingerprint density at radius 1 is 1.32 bits per heavy atom. The molecule has 2 saturated heterocycles. The predicted octanol–water partition coefficient (Wildman–Crippen LogP) is 1.09. The molecule has 2 aliphatic heterocycles. The molecule has 0 bridgehead atoms. The molecule has 4 nitrogen and oxygen atoms in total. The minimum Gasteiger partial charge on any atom is -0.393 e. The fourth-order valence-electron chi connectivity index (χ4n) is 5.33. The van der Waals surface area contributed by atoms with E-state index in [1.807, 2.05) is 0 Å². The van der Waals surface area contributed by atoms with Crippen molar-refractivity contribution in [2.24, 2.45) is 17.3 Å². The number of aliphatic hydroxyl groups is 2. The molecule has 0 aromatic heterocycles. The zero-order valence-electron chi connectivity index (χ0n) is 11.8. The Labute approximate surface area is 114 Å². The Morgan fingerprint density at radius 3 is 2.84 bits per heavy atom. The Morgan fingerprint density at radius 2 is 2.11 bits per heavy atom. The summed E-state index contributed by atoms with van der Waals surface area (Å²) in [6, 6.07) is 0. The van der Waals surface area contributed by atoms with Gasteiger partial charge < -0.3 is 19.7 Å². The van der Waals surface area contributed by atoms with Crippen molar-refractivity contribution in [1.82, 2.24) is 0 Å². The van der Waals surface area contributed by atoms with Gasteiger partial charge in [0, 0.05) is 5.41 Å². The lowest BCUT2D eigenvalue weighted by Crippen LogP contribution is -2.59. The second-order valence-corrected chi connectivity index (χ2v) is 7.41. The highest BCUT2D eigenvalue weighted by atomic mass is 16.7. The van der Waals surface area contributed by atoms with Crippen molar-refractivity contribution in [2.45, 2.75) is 62.9 Å². The van der Waals surface area contributed by atoms with Gasteiger partial charge in [0.15, 0.2) is 5.60 Å². The molecule has 0 aromatic rings. The quantitative estimate of drug-likeness (QED) is 0.699. The molecule has 2 aliphatic carbocycles. The van der Waals surface area contributed by atoms with Crippen LogP contribution in [0.2, 0.25) is 0 Å². The minimum atomic E-state index is -1.20. The minimum absolute atomic E-state index is 0.0296. The van der Waals surface area contributed by atoms with Gasteiger partial charge in [-0.2, -0.15) is 0 Å². The summed E-state index contributed by atoms with van der Waals surface area (Å²) in [5, 5.41) is 20.3. The Kier molecular flexibility index (Phi) is 2.34. The Hall–Kier alpha value is -0.160. The summed E-state index contributed by atoms with van der Waals surface area (Å²) in [6.07, 6.45) is 4.77. The van der Waals surface area contributed by atoms with E-state index in [9.17, 15) is 10.2 Å². The molecule has 2 saturated carbocycles. The van der Waals surface area contributed by atoms with Crippen LogP contribution >= 0.6 is 0 Å². The zero-order chi connectivity index (χ0) is 13.5. The molecule has 0 aromatic carbocycles. The molecule has 4 heteroatoms. The van der Waals surface area contributed by atoms with E-state index in [0.29, 0.717) is 11.8 Å². The third-order valence-corrected chi connectivity index (χ3v) is 6.83. The summed E-state index contributed by atoms with van der Waals surface area (Å²) in [7, 11) is 0. The van der Waals surface area contributed by atoms with Crippen LogP contribution in [0.4, 0.5) is 0 Å². The van der Waals surface area contributed by atoms with Crippen LogP contribution in [0.15, 0.2) is 0 Å². The summed E-state index contributed by atoms with van der Waals surface area (Å²) >= 11 is 0. The smallest absolute Gasteiger partial charge is 0.154 e. The van der Waals surface area contributed by atoms with Gasteiger partial charge in [-0.05, 0) is 24.7 Å². The number of rotatable bonds is 1. The van der Waals surface area contributed by atoms with Crippen molar-refractivity contribution in [3.8, 4) is 0 Å². The highest BCUT2D eigenvalue weighted by molar-refractivity contribution is 5.30. The number of hydrogen-bond donors (Lipinski definition) is 2. The molecule has 1 spiro atoms. The van der Waals surface area contributed by atoms with Crippen LogP contribution in [0, 0.1) is 17.3 Å². The van der Waals surface area contributed by atoms with E-state index in [1.54, 1.807) is 0 Å². The number of epoxide rings is 1. The lowest BCUT2D eigenvalue weighted by Gasteiger charge is -2.50. The first kappa shape index (κ1) is 12.6. The topological polar surface area (TPSA) is 62.2 Å². The van der Waals surface area contributed by atoms with Gasteiger partial charge in [0.2, 0.25) is 0 Å². The van der Waals surface area contributed by atoms with Crippen molar-refractivity contribution >= 4 is 0 Å². The van der Waals surface area contributed by atoms with Crippen molar-refractivity contribution in [2.75, 3.05) is 13.2 Å². The third kappa shape index (κ3) is 1.21. The molecule has 4 fully saturated rings. The van der Waals surface area contributed by atoms with E-state index in [-0.39, 0.29) is 30.8 Å². The fraction of sp³-hybridized carbons (Fsp3) is 1.00. The lowest BCUT2D eigenvalue weighted by atomic mass is 9.52. The van der Waals surface area contributed by atoms with Gasteiger partial charge in [-0.15, -0.1) is 0 Å².